The lowest BCUT2D eigenvalue weighted by Gasteiger charge is -2.60. The lowest BCUT2D eigenvalue weighted by molar-refractivity contribution is -0.119. The van der Waals surface area contributed by atoms with E-state index in [-0.39, 0.29) is 5.02 Å². The number of amides is 2. The Bertz CT molecular complexity index is 764. The highest BCUT2D eigenvalue weighted by atomic mass is 35.5. The fourth-order valence-corrected chi connectivity index (χ4v) is 4.57. The molecule has 1 aromatic carbocycles. The molecule has 0 radical (unpaired) electrons. The molecule has 0 heterocycles. The van der Waals surface area contributed by atoms with Crippen LogP contribution in [0.1, 0.15) is 38.7 Å². The molecule has 0 aromatic heterocycles. The third-order valence-electron chi connectivity index (χ3n) is 6.09. The summed E-state index contributed by atoms with van der Waals surface area (Å²) in [7, 11) is 0. The molecule has 3 atom stereocenters. The summed E-state index contributed by atoms with van der Waals surface area (Å²) in [5.41, 5.74) is 5.30. The number of nitrogens with one attached hydrogen (secondary N) is 2. The van der Waals surface area contributed by atoms with Crippen molar-refractivity contribution in [3.05, 3.63) is 40.7 Å². The van der Waals surface area contributed by atoms with Crippen LogP contribution in [0.5, 0.6) is 0 Å². The molecule has 3 aliphatic carbocycles. The van der Waals surface area contributed by atoms with Crippen LogP contribution < -0.4 is 10.9 Å². The van der Waals surface area contributed by atoms with Crippen molar-refractivity contribution in [3.8, 4) is 0 Å². The third kappa shape index (κ3) is 4.43. The van der Waals surface area contributed by atoms with Crippen molar-refractivity contribution < 1.29 is 18.7 Å². The summed E-state index contributed by atoms with van der Waals surface area (Å²) in [4.78, 5) is 23.6. The molecule has 2 amide bonds. The van der Waals surface area contributed by atoms with Crippen LogP contribution in [0.25, 0.3) is 6.08 Å². The van der Waals surface area contributed by atoms with Gasteiger partial charge in [0.15, 0.2) is 0 Å². The van der Waals surface area contributed by atoms with Gasteiger partial charge in [-0.1, -0.05) is 31.5 Å². The molecule has 4 rings (SSSR count). The second-order valence-electron chi connectivity index (χ2n) is 7.91. The van der Waals surface area contributed by atoms with Crippen LogP contribution >= 0.6 is 11.6 Å². The average Bonchev–Trinajstić information content (AvgIpc) is 2.64. The molecule has 1 aromatic rings. The maximum Gasteiger partial charge on any atom is 0.426 e. The van der Waals surface area contributed by atoms with Crippen LogP contribution in [0, 0.1) is 29.0 Å². The molecule has 3 unspecified atom stereocenters. The number of fused-ring (bicyclic) bond motifs is 2. The Balaban J connectivity index is 1.40. The molecule has 2 bridgehead atoms. The third-order valence-corrected chi connectivity index (χ3v) is 6.42. The zero-order chi connectivity index (χ0) is 19.6. The van der Waals surface area contributed by atoms with Gasteiger partial charge in [0, 0.05) is 6.08 Å². The number of rotatable bonds is 4. The Kier molecular flexibility index (Phi) is 5.75. The van der Waals surface area contributed by atoms with E-state index >= 15 is 0 Å². The SMILES string of the molecule is CC1(C)C2CCC(COC(=O)NNC(=O)C=Cc3ccc(F)cc3Cl)C1C2. The average molecular weight is 395 g/mol. The number of benzene rings is 1. The summed E-state index contributed by atoms with van der Waals surface area (Å²) >= 11 is 5.88. The van der Waals surface area contributed by atoms with Gasteiger partial charge in [0.2, 0.25) is 0 Å². The van der Waals surface area contributed by atoms with E-state index in [9.17, 15) is 14.0 Å². The molecule has 7 heteroatoms. The number of carbonyl (C=O) groups excluding carboxylic acids is 2. The van der Waals surface area contributed by atoms with Crippen molar-refractivity contribution >= 4 is 29.7 Å². The van der Waals surface area contributed by atoms with E-state index in [4.69, 9.17) is 16.3 Å². The van der Waals surface area contributed by atoms with Gasteiger partial charge in [-0.15, -0.1) is 0 Å². The zero-order valence-electron chi connectivity index (χ0n) is 15.4. The normalized spacial score (nSPS) is 25.6. The van der Waals surface area contributed by atoms with Crippen molar-refractivity contribution in [2.24, 2.45) is 23.2 Å². The minimum absolute atomic E-state index is 0.194. The smallest absolute Gasteiger partial charge is 0.426 e. The van der Waals surface area contributed by atoms with E-state index in [1.807, 2.05) is 0 Å². The molecule has 5 nitrogen and oxygen atoms in total. The molecular formula is C20H24ClFN2O3. The van der Waals surface area contributed by atoms with Crippen molar-refractivity contribution in [1.82, 2.24) is 10.9 Å². The van der Waals surface area contributed by atoms with Crippen molar-refractivity contribution in [1.29, 1.82) is 0 Å². The number of hydrogen-bond donors (Lipinski definition) is 2. The summed E-state index contributed by atoms with van der Waals surface area (Å²) < 4.78 is 18.2. The number of carbonyl (C=O) groups is 2. The monoisotopic (exact) mass is 394 g/mol. The molecule has 2 N–H and O–H groups in total. The predicted octanol–water partition coefficient (Wildman–Crippen LogP) is 4.32. The van der Waals surface area contributed by atoms with Crippen LogP contribution in [0.4, 0.5) is 9.18 Å². The lowest BCUT2D eigenvalue weighted by Crippen LogP contribution is -2.53. The fraction of sp³-hybridized carbons (Fsp3) is 0.500. The van der Waals surface area contributed by atoms with E-state index in [1.54, 1.807) is 0 Å². The van der Waals surface area contributed by atoms with Crippen molar-refractivity contribution in [3.63, 3.8) is 0 Å². The standard InChI is InChI=1S/C20H24ClFN2O3/c1-20(2)14-6-3-13(16(20)9-14)11-27-19(26)24-23-18(25)8-5-12-4-7-15(22)10-17(12)21/h4-5,7-8,10,13-14,16H,3,6,9,11H2,1-2H3,(H,23,25)(H,24,26). The topological polar surface area (TPSA) is 67.4 Å². The van der Waals surface area contributed by atoms with Gasteiger partial charge in [0.25, 0.3) is 5.91 Å². The van der Waals surface area contributed by atoms with E-state index < -0.39 is 17.8 Å². The van der Waals surface area contributed by atoms with Gasteiger partial charge in [-0.2, -0.15) is 0 Å². The van der Waals surface area contributed by atoms with Crippen LogP contribution in [0.2, 0.25) is 5.02 Å². The van der Waals surface area contributed by atoms with Crippen LogP contribution in [-0.4, -0.2) is 18.6 Å². The van der Waals surface area contributed by atoms with Gasteiger partial charge in [0.1, 0.15) is 5.82 Å². The van der Waals surface area contributed by atoms with E-state index in [0.29, 0.717) is 29.4 Å². The van der Waals surface area contributed by atoms with Crippen molar-refractivity contribution in [2.45, 2.75) is 33.1 Å². The molecule has 0 saturated heterocycles. The number of ether oxygens (including phenoxy) is 1. The van der Waals surface area contributed by atoms with E-state index in [0.717, 1.165) is 18.4 Å². The van der Waals surface area contributed by atoms with Gasteiger partial charge in [-0.05, 0) is 66.2 Å². The second-order valence-corrected chi connectivity index (χ2v) is 8.32. The summed E-state index contributed by atoms with van der Waals surface area (Å²) in [6, 6.07) is 3.86. The molecule has 146 valence electrons. The van der Waals surface area contributed by atoms with Crippen LogP contribution in [0.15, 0.2) is 24.3 Å². The Hall–Kier alpha value is -2.08. The van der Waals surface area contributed by atoms with E-state index in [2.05, 4.69) is 24.7 Å². The van der Waals surface area contributed by atoms with Gasteiger partial charge >= 0.3 is 6.09 Å². The second kappa shape index (κ2) is 7.89. The predicted molar refractivity (Wildman–Crippen MR) is 101 cm³/mol. The van der Waals surface area contributed by atoms with Crippen LogP contribution in [-0.2, 0) is 9.53 Å². The zero-order valence-corrected chi connectivity index (χ0v) is 16.2. The van der Waals surface area contributed by atoms with Gasteiger partial charge in [0.05, 0.1) is 11.6 Å². The summed E-state index contributed by atoms with van der Waals surface area (Å²) in [5, 5.41) is 0.194. The van der Waals surface area contributed by atoms with Gasteiger partial charge in [-0.25, -0.2) is 14.6 Å². The highest BCUT2D eigenvalue weighted by Crippen LogP contribution is 2.61. The Morgan fingerprint density at radius 2 is 2.11 bits per heavy atom. The molecule has 3 saturated carbocycles. The number of halogens is 2. The first-order valence-electron chi connectivity index (χ1n) is 9.13. The first kappa shape index (κ1) is 19.7. The maximum atomic E-state index is 13.0. The Morgan fingerprint density at radius 1 is 1.33 bits per heavy atom. The molecule has 0 spiro atoms. The number of hydrazine groups is 1. The molecule has 0 aliphatic heterocycles. The first-order valence-corrected chi connectivity index (χ1v) is 9.51. The fourth-order valence-electron chi connectivity index (χ4n) is 4.34. The summed E-state index contributed by atoms with van der Waals surface area (Å²) in [6.45, 7) is 4.94. The maximum absolute atomic E-state index is 13.0. The molecule has 3 aliphatic rings. The summed E-state index contributed by atoms with van der Waals surface area (Å²) in [6.07, 6.45) is 5.43. The Morgan fingerprint density at radius 3 is 2.78 bits per heavy atom. The Labute approximate surface area is 163 Å². The first-order chi connectivity index (χ1) is 12.8. The molecule has 3 fully saturated rings. The molecule has 27 heavy (non-hydrogen) atoms. The summed E-state index contributed by atoms with van der Waals surface area (Å²) in [5.74, 6) is 0.778. The minimum Gasteiger partial charge on any atom is -0.448 e. The minimum atomic E-state index is -0.684. The van der Waals surface area contributed by atoms with Gasteiger partial charge < -0.3 is 4.74 Å². The highest BCUT2D eigenvalue weighted by Gasteiger charge is 2.54. The lowest BCUT2D eigenvalue weighted by atomic mass is 9.46. The highest BCUT2D eigenvalue weighted by molar-refractivity contribution is 6.32. The van der Waals surface area contributed by atoms with Crippen molar-refractivity contribution in [2.75, 3.05) is 6.61 Å². The van der Waals surface area contributed by atoms with Gasteiger partial charge in [-0.3, -0.25) is 10.2 Å². The van der Waals surface area contributed by atoms with Crippen LogP contribution in [0.3, 0.4) is 0 Å². The number of hydrogen-bond acceptors (Lipinski definition) is 3. The van der Waals surface area contributed by atoms with E-state index in [1.165, 1.54) is 37.1 Å². The largest absolute Gasteiger partial charge is 0.448 e. The quantitative estimate of drug-likeness (QED) is 0.590. The molecular weight excluding hydrogens is 371 g/mol.